The fourth-order valence-corrected chi connectivity index (χ4v) is 4.83. The first-order valence-corrected chi connectivity index (χ1v) is 12.3. The Hall–Kier alpha value is -3.40. The second-order valence-electron chi connectivity index (χ2n) is 7.65. The molecule has 1 atom stereocenters. The summed E-state index contributed by atoms with van der Waals surface area (Å²) in [5, 5.41) is 2.77. The molecule has 1 N–H and O–H groups in total. The smallest absolute Gasteiger partial charge is 0.265 e. The van der Waals surface area contributed by atoms with Gasteiger partial charge in [0.2, 0.25) is 10.0 Å². The summed E-state index contributed by atoms with van der Waals surface area (Å²) in [6, 6.07) is 22.4. The molecular weight excluding hydrogens is 456 g/mol. The number of hydrogen-bond donors (Lipinski definition) is 1. The molecule has 0 spiro atoms. The minimum absolute atomic E-state index is 0.0572. The van der Waals surface area contributed by atoms with Crippen molar-refractivity contribution in [3.8, 4) is 17.2 Å². The molecule has 0 aliphatic carbocycles. The van der Waals surface area contributed by atoms with Crippen molar-refractivity contribution in [1.29, 1.82) is 0 Å². The van der Waals surface area contributed by atoms with E-state index in [0.29, 0.717) is 30.5 Å². The number of nitrogens with one attached hydrogen (secondary N) is 1. The van der Waals surface area contributed by atoms with Crippen LogP contribution in [0.25, 0.3) is 0 Å². The van der Waals surface area contributed by atoms with Crippen molar-refractivity contribution in [2.24, 2.45) is 0 Å². The van der Waals surface area contributed by atoms with Crippen LogP contribution in [0.15, 0.2) is 83.8 Å². The molecule has 1 unspecified atom stereocenters. The van der Waals surface area contributed by atoms with Crippen molar-refractivity contribution < 1.29 is 27.4 Å². The van der Waals surface area contributed by atoms with Crippen LogP contribution in [0.3, 0.4) is 0 Å². The van der Waals surface area contributed by atoms with Crippen LogP contribution in [0, 0.1) is 0 Å². The molecule has 1 fully saturated rings. The minimum Gasteiger partial charge on any atom is -0.481 e. The highest BCUT2D eigenvalue weighted by Crippen LogP contribution is 2.33. The number of nitrogens with zero attached hydrogens (tertiary/aromatic N) is 1. The monoisotopic (exact) mass is 482 g/mol. The van der Waals surface area contributed by atoms with Crippen molar-refractivity contribution in [3.05, 3.63) is 78.9 Å². The number of hydrogen-bond acceptors (Lipinski definition) is 6. The van der Waals surface area contributed by atoms with Gasteiger partial charge in [0.15, 0.2) is 11.9 Å². The first-order chi connectivity index (χ1) is 16.4. The third kappa shape index (κ3) is 5.74. The summed E-state index contributed by atoms with van der Waals surface area (Å²) in [6.45, 7) is 2.84. The molecule has 3 aromatic carbocycles. The summed E-state index contributed by atoms with van der Waals surface area (Å²) in [7, 11) is -3.76. The van der Waals surface area contributed by atoms with Crippen molar-refractivity contribution >= 4 is 21.6 Å². The first-order valence-electron chi connectivity index (χ1n) is 10.9. The number of sulfonamides is 1. The van der Waals surface area contributed by atoms with E-state index in [1.807, 2.05) is 36.4 Å². The van der Waals surface area contributed by atoms with E-state index in [2.05, 4.69) is 5.32 Å². The van der Waals surface area contributed by atoms with Gasteiger partial charge in [-0.2, -0.15) is 4.31 Å². The zero-order valence-corrected chi connectivity index (χ0v) is 19.5. The second kappa shape index (κ2) is 10.7. The fraction of sp³-hybridized carbons (Fsp3) is 0.240. The zero-order valence-electron chi connectivity index (χ0n) is 18.7. The third-order valence-electron chi connectivity index (χ3n) is 5.21. The van der Waals surface area contributed by atoms with Gasteiger partial charge in [-0.25, -0.2) is 8.42 Å². The van der Waals surface area contributed by atoms with Crippen LogP contribution in [0.1, 0.15) is 6.92 Å². The predicted molar refractivity (Wildman–Crippen MR) is 128 cm³/mol. The number of benzene rings is 3. The topological polar surface area (TPSA) is 94.2 Å². The van der Waals surface area contributed by atoms with Crippen LogP contribution in [0.2, 0.25) is 0 Å². The van der Waals surface area contributed by atoms with Crippen LogP contribution < -0.4 is 14.8 Å². The minimum atomic E-state index is -3.76. The Morgan fingerprint density at radius 1 is 0.941 bits per heavy atom. The molecule has 1 amide bonds. The van der Waals surface area contributed by atoms with Gasteiger partial charge in [-0.15, -0.1) is 0 Å². The number of carbonyl (C=O) groups excluding carboxylic acids is 1. The van der Waals surface area contributed by atoms with E-state index >= 15 is 0 Å². The molecule has 9 heteroatoms. The summed E-state index contributed by atoms with van der Waals surface area (Å²) in [4.78, 5) is 13.0. The maximum atomic E-state index is 13.2. The Morgan fingerprint density at radius 3 is 2.21 bits per heavy atom. The van der Waals surface area contributed by atoms with Crippen LogP contribution in [0.5, 0.6) is 17.2 Å². The Labute approximate surface area is 199 Å². The molecule has 1 saturated heterocycles. The number of morpholine rings is 1. The zero-order chi connectivity index (χ0) is 24.0. The number of amides is 1. The molecule has 1 heterocycles. The second-order valence-corrected chi connectivity index (χ2v) is 9.59. The summed E-state index contributed by atoms with van der Waals surface area (Å²) < 4.78 is 44.6. The van der Waals surface area contributed by atoms with E-state index in [0.717, 1.165) is 0 Å². The average Bonchev–Trinajstić information content (AvgIpc) is 2.86. The number of anilines is 1. The van der Waals surface area contributed by atoms with Crippen molar-refractivity contribution in [3.63, 3.8) is 0 Å². The van der Waals surface area contributed by atoms with Gasteiger partial charge < -0.3 is 19.5 Å². The van der Waals surface area contributed by atoms with Gasteiger partial charge >= 0.3 is 0 Å². The highest BCUT2D eigenvalue weighted by atomic mass is 32.2. The number of para-hydroxylation sites is 2. The molecular formula is C25H26N2O6S. The van der Waals surface area contributed by atoms with Gasteiger partial charge in [-0.1, -0.05) is 36.4 Å². The Morgan fingerprint density at radius 2 is 1.56 bits per heavy atom. The Bertz CT molecular complexity index is 1210. The maximum absolute atomic E-state index is 13.2. The lowest BCUT2D eigenvalue weighted by Gasteiger charge is -2.26. The van der Waals surface area contributed by atoms with Crippen LogP contribution in [-0.4, -0.2) is 51.0 Å². The van der Waals surface area contributed by atoms with Gasteiger partial charge in [0, 0.05) is 13.1 Å². The molecule has 0 aromatic heterocycles. The maximum Gasteiger partial charge on any atom is 0.265 e. The van der Waals surface area contributed by atoms with E-state index in [1.165, 1.54) is 16.4 Å². The van der Waals surface area contributed by atoms with Gasteiger partial charge in [-0.05, 0) is 49.4 Å². The van der Waals surface area contributed by atoms with Crippen LogP contribution >= 0.6 is 0 Å². The largest absolute Gasteiger partial charge is 0.481 e. The molecule has 178 valence electrons. The van der Waals surface area contributed by atoms with Crippen LogP contribution in [-0.2, 0) is 19.6 Å². The van der Waals surface area contributed by atoms with Gasteiger partial charge in [-0.3, -0.25) is 4.79 Å². The first kappa shape index (κ1) is 23.7. The molecule has 3 aromatic rings. The molecule has 0 radical (unpaired) electrons. The summed E-state index contributed by atoms with van der Waals surface area (Å²) in [5.74, 6) is 0.972. The van der Waals surface area contributed by atoms with Gasteiger partial charge in [0.1, 0.15) is 11.5 Å². The fourth-order valence-electron chi connectivity index (χ4n) is 3.40. The lowest BCUT2D eigenvalue weighted by Crippen LogP contribution is -2.40. The molecule has 1 aliphatic heterocycles. The van der Waals surface area contributed by atoms with Crippen molar-refractivity contribution in [2.75, 3.05) is 31.6 Å². The third-order valence-corrected chi connectivity index (χ3v) is 7.11. The van der Waals surface area contributed by atoms with Crippen LogP contribution in [0.4, 0.5) is 5.69 Å². The number of rotatable bonds is 8. The number of carbonyl (C=O) groups is 1. The summed E-state index contributed by atoms with van der Waals surface area (Å²) >= 11 is 0. The van der Waals surface area contributed by atoms with E-state index in [1.54, 1.807) is 37.3 Å². The molecule has 8 nitrogen and oxygen atoms in total. The normalized spacial score (nSPS) is 15.3. The Balaban J connectivity index is 1.61. The van der Waals surface area contributed by atoms with Crippen molar-refractivity contribution in [2.45, 2.75) is 17.9 Å². The quantitative estimate of drug-likeness (QED) is 0.523. The molecule has 0 saturated carbocycles. The van der Waals surface area contributed by atoms with Gasteiger partial charge in [0.05, 0.1) is 23.8 Å². The van der Waals surface area contributed by atoms with E-state index in [4.69, 9.17) is 14.2 Å². The Kier molecular flexibility index (Phi) is 7.46. The van der Waals surface area contributed by atoms with Crippen molar-refractivity contribution in [1.82, 2.24) is 4.31 Å². The summed E-state index contributed by atoms with van der Waals surface area (Å²) in [6.07, 6.45) is -0.827. The average molecular weight is 483 g/mol. The SMILES string of the molecule is CC(Oc1ccccc1)C(=O)Nc1cc(S(=O)(=O)N2CCOCC2)ccc1Oc1ccccc1. The highest BCUT2D eigenvalue weighted by Gasteiger charge is 2.28. The summed E-state index contributed by atoms with van der Waals surface area (Å²) in [5.41, 5.74) is 0.228. The molecule has 4 rings (SSSR count). The highest BCUT2D eigenvalue weighted by molar-refractivity contribution is 7.89. The van der Waals surface area contributed by atoms with E-state index in [9.17, 15) is 13.2 Å². The molecule has 0 bridgehead atoms. The lowest BCUT2D eigenvalue weighted by molar-refractivity contribution is -0.122. The van der Waals surface area contributed by atoms with E-state index in [-0.39, 0.29) is 23.7 Å². The molecule has 1 aliphatic rings. The molecule has 34 heavy (non-hydrogen) atoms. The van der Waals surface area contributed by atoms with E-state index < -0.39 is 22.0 Å². The number of ether oxygens (including phenoxy) is 3. The standard InChI is InChI=1S/C25H26N2O6S/c1-19(32-20-8-4-2-5-9-20)25(28)26-23-18-22(34(29,30)27-14-16-31-17-15-27)12-13-24(23)33-21-10-6-3-7-11-21/h2-13,18-19H,14-17H2,1H3,(H,26,28). The lowest BCUT2D eigenvalue weighted by atomic mass is 10.2. The predicted octanol–water partition coefficient (Wildman–Crippen LogP) is 3.91. The van der Waals surface area contributed by atoms with Gasteiger partial charge in [0.25, 0.3) is 5.91 Å².